The minimum atomic E-state index is -0.447. The molecule has 1 unspecified atom stereocenters. The molecule has 3 heterocycles. The predicted octanol–water partition coefficient (Wildman–Crippen LogP) is 4.07. The highest BCUT2D eigenvalue weighted by Gasteiger charge is 2.33. The van der Waals surface area contributed by atoms with Gasteiger partial charge in [0.1, 0.15) is 17.7 Å². The van der Waals surface area contributed by atoms with Gasteiger partial charge in [-0.1, -0.05) is 62.4 Å². The third kappa shape index (κ3) is 5.09. The van der Waals surface area contributed by atoms with E-state index < -0.39 is 6.04 Å². The van der Waals surface area contributed by atoms with Crippen LogP contribution >= 0.6 is 0 Å². The molecule has 9 heteroatoms. The van der Waals surface area contributed by atoms with Gasteiger partial charge in [0.25, 0.3) is 0 Å². The highest BCUT2D eigenvalue weighted by atomic mass is 16.2. The fourth-order valence-corrected chi connectivity index (χ4v) is 5.51. The summed E-state index contributed by atoms with van der Waals surface area (Å²) in [5, 5.41) is 12.6. The maximum atomic E-state index is 13.4. The average molecular weight is 524 g/mol. The van der Waals surface area contributed by atoms with Gasteiger partial charge in [-0.05, 0) is 29.5 Å². The summed E-state index contributed by atoms with van der Waals surface area (Å²) in [6.45, 7) is 6.70. The lowest BCUT2D eigenvalue weighted by Gasteiger charge is -2.41. The van der Waals surface area contributed by atoms with E-state index in [0.717, 1.165) is 27.4 Å². The minimum absolute atomic E-state index is 0.0494. The zero-order chi connectivity index (χ0) is 26.9. The number of rotatable bonds is 2. The van der Waals surface area contributed by atoms with Crippen molar-refractivity contribution >= 4 is 45.1 Å². The number of anilines is 2. The van der Waals surface area contributed by atoms with Crippen LogP contribution in [0.1, 0.15) is 19.7 Å². The van der Waals surface area contributed by atoms with Crippen molar-refractivity contribution in [1.82, 2.24) is 25.1 Å². The topological polar surface area (TPSA) is 102 Å². The standard InChI is InChI=1S/C30H33N7O2/c1-19(2)27-29(38)31-16-21-17-37(30(39)33-24-13-7-9-20-8-3-4-10-22(20)24)15-14-36(21)18-26-32-25-12-6-5-11-23(25)28(34-26)35-27/h3-13,19,21,27H,14-18H2,1-2H3,(H,31,38)(H,33,39)(H,32,34,35)/t21?,27-/m0/s1. The summed E-state index contributed by atoms with van der Waals surface area (Å²) in [5.74, 6) is 1.35. The number of carbonyl (C=O) groups excluding carboxylic acids is 2. The summed E-state index contributed by atoms with van der Waals surface area (Å²) in [7, 11) is 0. The van der Waals surface area contributed by atoms with Gasteiger partial charge in [-0.2, -0.15) is 0 Å². The summed E-state index contributed by atoms with van der Waals surface area (Å²) in [4.78, 5) is 40.5. The lowest BCUT2D eigenvalue weighted by molar-refractivity contribution is -0.123. The van der Waals surface area contributed by atoms with E-state index in [1.807, 2.05) is 85.5 Å². The van der Waals surface area contributed by atoms with E-state index in [1.165, 1.54) is 0 Å². The Balaban J connectivity index is 1.26. The van der Waals surface area contributed by atoms with Crippen molar-refractivity contribution < 1.29 is 9.59 Å². The molecule has 2 aliphatic heterocycles. The Morgan fingerprint density at radius 1 is 0.974 bits per heavy atom. The Hall–Kier alpha value is -4.24. The van der Waals surface area contributed by atoms with E-state index in [9.17, 15) is 9.59 Å². The summed E-state index contributed by atoms with van der Waals surface area (Å²) in [6, 6.07) is 21.1. The number of aromatic nitrogens is 2. The smallest absolute Gasteiger partial charge is 0.321 e. The first-order valence-corrected chi connectivity index (χ1v) is 13.5. The van der Waals surface area contributed by atoms with Gasteiger partial charge < -0.3 is 20.9 Å². The fourth-order valence-electron chi connectivity index (χ4n) is 5.51. The second kappa shape index (κ2) is 10.5. The molecule has 2 aliphatic rings. The number of amides is 3. The van der Waals surface area contributed by atoms with Crippen LogP contribution in [0.2, 0.25) is 0 Å². The van der Waals surface area contributed by atoms with Crippen LogP contribution in [0.15, 0.2) is 66.7 Å². The SMILES string of the molecule is CC(C)[C@@H]1Nc2nc(nc3ccccc23)CN2CCN(C(=O)Nc3cccc4ccccc34)CC2CNC1=O. The van der Waals surface area contributed by atoms with E-state index in [4.69, 9.17) is 9.97 Å². The fraction of sp³-hybridized carbons (Fsp3) is 0.333. The van der Waals surface area contributed by atoms with Crippen LogP contribution in [0, 0.1) is 5.92 Å². The van der Waals surface area contributed by atoms with Crippen LogP contribution in [-0.2, 0) is 11.3 Å². The average Bonchev–Trinajstić information content (AvgIpc) is 2.96. The zero-order valence-electron chi connectivity index (χ0n) is 22.2. The third-order valence-electron chi connectivity index (χ3n) is 7.67. The van der Waals surface area contributed by atoms with Crippen LogP contribution in [0.5, 0.6) is 0 Å². The lowest BCUT2D eigenvalue weighted by Crippen LogP contribution is -2.59. The number of nitrogens with zero attached hydrogens (tertiary/aromatic N) is 4. The Bertz CT molecular complexity index is 1530. The molecule has 3 amide bonds. The third-order valence-corrected chi connectivity index (χ3v) is 7.67. The van der Waals surface area contributed by atoms with E-state index in [-0.39, 0.29) is 23.9 Å². The summed E-state index contributed by atoms with van der Waals surface area (Å²) >= 11 is 0. The normalized spacial score (nSPS) is 20.2. The van der Waals surface area contributed by atoms with Crippen molar-refractivity contribution in [2.45, 2.75) is 32.5 Å². The number of nitrogens with one attached hydrogen (secondary N) is 3. The summed E-state index contributed by atoms with van der Waals surface area (Å²) in [5.41, 5.74) is 1.64. The summed E-state index contributed by atoms with van der Waals surface area (Å²) < 4.78 is 0. The molecule has 1 fully saturated rings. The molecule has 39 heavy (non-hydrogen) atoms. The molecule has 6 rings (SSSR count). The molecule has 3 aromatic carbocycles. The molecule has 1 saturated heterocycles. The number of benzene rings is 3. The molecule has 3 N–H and O–H groups in total. The monoisotopic (exact) mass is 523 g/mol. The number of piperazine rings is 1. The maximum absolute atomic E-state index is 13.4. The Morgan fingerprint density at radius 2 is 1.74 bits per heavy atom. The van der Waals surface area contributed by atoms with Gasteiger partial charge in [-0.3, -0.25) is 9.69 Å². The largest absolute Gasteiger partial charge is 0.358 e. The molecular formula is C30H33N7O2. The van der Waals surface area contributed by atoms with E-state index in [2.05, 4.69) is 20.9 Å². The zero-order valence-corrected chi connectivity index (χ0v) is 22.2. The molecule has 0 radical (unpaired) electrons. The van der Waals surface area contributed by atoms with Crippen LogP contribution in [0.25, 0.3) is 21.7 Å². The van der Waals surface area contributed by atoms with Gasteiger partial charge in [0.15, 0.2) is 0 Å². The van der Waals surface area contributed by atoms with Crippen LogP contribution < -0.4 is 16.0 Å². The molecule has 0 spiro atoms. The predicted molar refractivity (Wildman–Crippen MR) is 154 cm³/mol. The molecule has 2 bridgehead atoms. The maximum Gasteiger partial charge on any atom is 0.321 e. The van der Waals surface area contributed by atoms with Crippen molar-refractivity contribution in [1.29, 1.82) is 0 Å². The second-order valence-corrected chi connectivity index (χ2v) is 10.6. The minimum Gasteiger partial charge on any atom is -0.358 e. The molecular weight excluding hydrogens is 490 g/mol. The van der Waals surface area contributed by atoms with E-state index in [0.29, 0.717) is 44.4 Å². The first-order valence-electron chi connectivity index (χ1n) is 13.5. The highest BCUT2D eigenvalue weighted by Crippen LogP contribution is 2.26. The Kier molecular flexibility index (Phi) is 6.74. The Labute approximate surface area is 227 Å². The van der Waals surface area contributed by atoms with Gasteiger partial charge in [0, 0.05) is 43.0 Å². The number of carbonyl (C=O) groups is 2. The molecule has 4 aromatic rings. The van der Waals surface area contributed by atoms with Gasteiger partial charge >= 0.3 is 6.03 Å². The van der Waals surface area contributed by atoms with Gasteiger partial charge in [-0.15, -0.1) is 0 Å². The van der Waals surface area contributed by atoms with Gasteiger partial charge in [-0.25, -0.2) is 14.8 Å². The van der Waals surface area contributed by atoms with E-state index >= 15 is 0 Å². The van der Waals surface area contributed by atoms with Crippen LogP contribution in [0.4, 0.5) is 16.3 Å². The number of hydrogen-bond donors (Lipinski definition) is 3. The lowest BCUT2D eigenvalue weighted by atomic mass is 10.0. The first kappa shape index (κ1) is 25.1. The quantitative estimate of drug-likeness (QED) is 0.366. The summed E-state index contributed by atoms with van der Waals surface area (Å²) in [6.07, 6.45) is 0. The van der Waals surface area contributed by atoms with Crippen molar-refractivity contribution in [3.8, 4) is 0 Å². The molecule has 0 saturated carbocycles. The number of hydrogen-bond acceptors (Lipinski definition) is 6. The van der Waals surface area contributed by atoms with Crippen molar-refractivity contribution in [2.24, 2.45) is 5.92 Å². The number of urea groups is 1. The molecule has 1 aromatic heterocycles. The number of fused-ring (bicyclic) bond motifs is 6. The van der Waals surface area contributed by atoms with Crippen LogP contribution in [-0.4, -0.2) is 70.0 Å². The highest BCUT2D eigenvalue weighted by molar-refractivity contribution is 6.01. The molecule has 2 atom stereocenters. The first-order chi connectivity index (χ1) is 19.0. The molecule has 9 nitrogen and oxygen atoms in total. The second-order valence-electron chi connectivity index (χ2n) is 10.6. The molecule has 200 valence electrons. The molecule has 0 aliphatic carbocycles. The van der Waals surface area contributed by atoms with Crippen molar-refractivity contribution in [3.63, 3.8) is 0 Å². The van der Waals surface area contributed by atoms with Crippen molar-refractivity contribution in [3.05, 3.63) is 72.6 Å². The van der Waals surface area contributed by atoms with Gasteiger partial charge in [0.2, 0.25) is 5.91 Å². The number of para-hydroxylation sites is 1. The Morgan fingerprint density at radius 3 is 2.59 bits per heavy atom. The van der Waals surface area contributed by atoms with Gasteiger partial charge in [0.05, 0.1) is 17.7 Å². The van der Waals surface area contributed by atoms with Crippen LogP contribution in [0.3, 0.4) is 0 Å². The van der Waals surface area contributed by atoms with E-state index in [1.54, 1.807) is 0 Å². The van der Waals surface area contributed by atoms with Crippen molar-refractivity contribution in [2.75, 3.05) is 36.8 Å².